The van der Waals surface area contributed by atoms with Crippen LogP contribution < -0.4 is 5.73 Å². The van der Waals surface area contributed by atoms with Gasteiger partial charge in [-0.05, 0) is 12.8 Å². The molecule has 1 fully saturated rings. The number of primary amides is 1. The minimum absolute atomic E-state index is 0.106. The summed E-state index contributed by atoms with van der Waals surface area (Å²) in [5.41, 5.74) is 6.52. The number of methoxy groups -OCH3 is 1. The highest BCUT2D eigenvalue weighted by molar-refractivity contribution is 5.93. The lowest BCUT2D eigenvalue weighted by Gasteiger charge is -2.21. The molecule has 1 aliphatic rings. The van der Waals surface area contributed by atoms with E-state index in [9.17, 15) is 9.59 Å². The molecule has 0 unspecified atom stereocenters. The number of hydrogen-bond donors (Lipinski definition) is 1. The van der Waals surface area contributed by atoms with Gasteiger partial charge in [-0.15, -0.1) is 0 Å². The molecule has 1 aliphatic heterocycles. The zero-order valence-electron chi connectivity index (χ0n) is 12.7. The summed E-state index contributed by atoms with van der Waals surface area (Å²) in [6.45, 7) is 4.62. The van der Waals surface area contributed by atoms with Crippen molar-refractivity contribution in [2.24, 2.45) is 5.73 Å². The Morgan fingerprint density at radius 3 is 2.35 bits per heavy atom. The second-order valence-corrected chi connectivity index (χ2v) is 5.30. The van der Waals surface area contributed by atoms with Gasteiger partial charge < -0.3 is 15.4 Å². The standard InChI is InChI=1S/C15H26N2O3/c1-4-6-11(7-5-2)8-14(18)17-10-12(20-3)9-13(17)15(16)19/h8,12-13H,4-7,9-10H2,1-3H3,(H2,16,19)/t12-,13-/m0/s1. The molecule has 5 nitrogen and oxygen atoms in total. The van der Waals surface area contributed by atoms with Crippen molar-refractivity contribution in [3.8, 4) is 0 Å². The van der Waals surface area contributed by atoms with Crippen molar-refractivity contribution in [1.82, 2.24) is 4.90 Å². The molecule has 114 valence electrons. The zero-order valence-corrected chi connectivity index (χ0v) is 12.7. The summed E-state index contributed by atoms with van der Waals surface area (Å²) < 4.78 is 5.25. The van der Waals surface area contributed by atoms with Crippen molar-refractivity contribution in [1.29, 1.82) is 0 Å². The molecule has 0 bridgehead atoms. The van der Waals surface area contributed by atoms with E-state index in [1.807, 2.05) is 0 Å². The number of nitrogens with zero attached hydrogens (tertiary/aromatic N) is 1. The SMILES string of the molecule is CCCC(=CC(=O)N1C[C@@H](OC)C[C@H]1C(N)=O)CCC. The number of ether oxygens (including phenoxy) is 1. The van der Waals surface area contributed by atoms with Gasteiger partial charge in [-0.1, -0.05) is 32.3 Å². The fourth-order valence-corrected chi connectivity index (χ4v) is 2.65. The van der Waals surface area contributed by atoms with Crippen molar-refractivity contribution in [3.63, 3.8) is 0 Å². The first-order valence-corrected chi connectivity index (χ1v) is 7.35. The van der Waals surface area contributed by atoms with Crippen molar-refractivity contribution in [2.45, 2.75) is 58.1 Å². The Morgan fingerprint density at radius 2 is 1.90 bits per heavy atom. The van der Waals surface area contributed by atoms with Crippen LogP contribution in [0.3, 0.4) is 0 Å². The molecule has 2 N–H and O–H groups in total. The first-order chi connectivity index (χ1) is 9.53. The van der Waals surface area contributed by atoms with Gasteiger partial charge in [0.1, 0.15) is 6.04 Å². The van der Waals surface area contributed by atoms with Crippen LogP contribution in [0, 0.1) is 0 Å². The van der Waals surface area contributed by atoms with Gasteiger partial charge in [-0.25, -0.2) is 0 Å². The predicted octanol–water partition coefficient (Wildman–Crippen LogP) is 1.61. The van der Waals surface area contributed by atoms with Crippen LogP contribution in [0.4, 0.5) is 0 Å². The number of nitrogens with two attached hydrogens (primary N) is 1. The van der Waals surface area contributed by atoms with E-state index in [2.05, 4.69) is 13.8 Å². The molecule has 0 aromatic rings. The van der Waals surface area contributed by atoms with Crippen LogP contribution in [0.15, 0.2) is 11.6 Å². The smallest absolute Gasteiger partial charge is 0.247 e. The highest BCUT2D eigenvalue weighted by Crippen LogP contribution is 2.21. The summed E-state index contributed by atoms with van der Waals surface area (Å²) in [5.74, 6) is -0.580. The number of likely N-dealkylation sites (tertiary alicyclic amines) is 1. The summed E-state index contributed by atoms with van der Waals surface area (Å²) in [7, 11) is 1.59. The summed E-state index contributed by atoms with van der Waals surface area (Å²) in [6, 6.07) is -0.548. The summed E-state index contributed by atoms with van der Waals surface area (Å²) in [6.07, 6.45) is 5.93. The lowest BCUT2D eigenvalue weighted by Crippen LogP contribution is -2.43. The molecule has 0 radical (unpaired) electrons. The third-order valence-corrected chi connectivity index (χ3v) is 3.68. The average Bonchev–Trinajstić information content (AvgIpc) is 2.83. The minimum Gasteiger partial charge on any atom is -0.380 e. The average molecular weight is 282 g/mol. The van der Waals surface area contributed by atoms with E-state index in [-0.39, 0.29) is 12.0 Å². The van der Waals surface area contributed by atoms with Crippen LogP contribution in [-0.2, 0) is 14.3 Å². The highest BCUT2D eigenvalue weighted by atomic mass is 16.5. The second kappa shape index (κ2) is 8.04. The van der Waals surface area contributed by atoms with Crippen LogP contribution in [-0.4, -0.2) is 42.5 Å². The van der Waals surface area contributed by atoms with Crippen LogP contribution in [0.2, 0.25) is 0 Å². The largest absolute Gasteiger partial charge is 0.380 e. The van der Waals surface area contributed by atoms with Crippen molar-refractivity contribution in [3.05, 3.63) is 11.6 Å². The topological polar surface area (TPSA) is 72.6 Å². The van der Waals surface area contributed by atoms with Gasteiger partial charge in [0, 0.05) is 26.2 Å². The van der Waals surface area contributed by atoms with Crippen LogP contribution >= 0.6 is 0 Å². The molecule has 1 heterocycles. The quantitative estimate of drug-likeness (QED) is 0.721. The second-order valence-electron chi connectivity index (χ2n) is 5.30. The van der Waals surface area contributed by atoms with Gasteiger partial charge in [-0.2, -0.15) is 0 Å². The van der Waals surface area contributed by atoms with E-state index < -0.39 is 11.9 Å². The molecule has 0 spiro atoms. The molecular weight excluding hydrogens is 256 g/mol. The number of amides is 2. The van der Waals surface area contributed by atoms with Gasteiger partial charge in [0.25, 0.3) is 0 Å². The van der Waals surface area contributed by atoms with E-state index >= 15 is 0 Å². The summed E-state index contributed by atoms with van der Waals surface area (Å²) in [5, 5.41) is 0. The number of carbonyl (C=O) groups is 2. The Bertz CT molecular complexity index is 371. The lowest BCUT2D eigenvalue weighted by atomic mass is 10.0. The molecule has 0 aromatic carbocycles. The highest BCUT2D eigenvalue weighted by Gasteiger charge is 2.37. The Kier molecular flexibility index (Phi) is 6.71. The molecule has 0 saturated carbocycles. The number of carbonyl (C=O) groups excluding carboxylic acids is 2. The monoisotopic (exact) mass is 282 g/mol. The maximum Gasteiger partial charge on any atom is 0.247 e. The van der Waals surface area contributed by atoms with E-state index in [1.165, 1.54) is 0 Å². The van der Waals surface area contributed by atoms with E-state index in [1.54, 1.807) is 18.1 Å². The molecule has 0 aliphatic carbocycles. The first-order valence-electron chi connectivity index (χ1n) is 7.35. The molecule has 2 amide bonds. The van der Waals surface area contributed by atoms with E-state index in [4.69, 9.17) is 10.5 Å². The Hall–Kier alpha value is -1.36. The van der Waals surface area contributed by atoms with Crippen LogP contribution in [0.5, 0.6) is 0 Å². The maximum absolute atomic E-state index is 12.4. The number of allylic oxidation sites excluding steroid dienone is 1. The van der Waals surface area contributed by atoms with E-state index in [0.717, 1.165) is 31.3 Å². The van der Waals surface area contributed by atoms with Crippen molar-refractivity contribution >= 4 is 11.8 Å². The normalized spacial score (nSPS) is 21.9. The molecule has 1 rings (SSSR count). The molecule has 5 heteroatoms. The molecular formula is C15H26N2O3. The van der Waals surface area contributed by atoms with Crippen LogP contribution in [0.1, 0.15) is 46.0 Å². The van der Waals surface area contributed by atoms with Gasteiger partial charge in [0.15, 0.2) is 0 Å². The fourth-order valence-electron chi connectivity index (χ4n) is 2.65. The van der Waals surface area contributed by atoms with Gasteiger partial charge in [-0.3, -0.25) is 9.59 Å². The van der Waals surface area contributed by atoms with Crippen molar-refractivity contribution in [2.75, 3.05) is 13.7 Å². The predicted molar refractivity (Wildman–Crippen MR) is 78.0 cm³/mol. The lowest BCUT2D eigenvalue weighted by molar-refractivity contribution is -0.133. The molecule has 2 atom stereocenters. The summed E-state index contributed by atoms with van der Waals surface area (Å²) in [4.78, 5) is 25.4. The van der Waals surface area contributed by atoms with Gasteiger partial charge in [0.05, 0.1) is 6.10 Å². The zero-order chi connectivity index (χ0) is 15.1. The number of hydrogen-bond acceptors (Lipinski definition) is 3. The van der Waals surface area contributed by atoms with Crippen LogP contribution in [0.25, 0.3) is 0 Å². The fraction of sp³-hybridized carbons (Fsp3) is 0.733. The molecule has 20 heavy (non-hydrogen) atoms. The van der Waals surface area contributed by atoms with Gasteiger partial charge >= 0.3 is 0 Å². The Labute approximate surface area is 121 Å². The minimum atomic E-state index is -0.548. The van der Waals surface area contributed by atoms with Crippen molar-refractivity contribution < 1.29 is 14.3 Å². The first kappa shape index (κ1) is 16.7. The molecule has 0 aromatic heterocycles. The molecule has 1 saturated heterocycles. The third kappa shape index (κ3) is 4.34. The number of rotatable bonds is 7. The maximum atomic E-state index is 12.4. The van der Waals surface area contributed by atoms with E-state index in [0.29, 0.717) is 13.0 Å². The third-order valence-electron chi connectivity index (χ3n) is 3.68. The Morgan fingerprint density at radius 1 is 1.30 bits per heavy atom. The Balaban J connectivity index is 2.82. The summed E-state index contributed by atoms with van der Waals surface area (Å²) >= 11 is 0. The van der Waals surface area contributed by atoms with Gasteiger partial charge in [0.2, 0.25) is 11.8 Å².